The summed E-state index contributed by atoms with van der Waals surface area (Å²) in [6, 6.07) is 17.7. The van der Waals surface area contributed by atoms with E-state index in [-0.39, 0.29) is 5.91 Å². The van der Waals surface area contributed by atoms with E-state index in [1.165, 1.54) is 16.8 Å². The first-order chi connectivity index (χ1) is 17.1. The number of pyridine rings is 1. The Hall–Kier alpha value is -4.20. The van der Waals surface area contributed by atoms with Gasteiger partial charge in [-0.25, -0.2) is 4.68 Å². The van der Waals surface area contributed by atoms with Gasteiger partial charge in [0.1, 0.15) is 11.4 Å². The zero-order valence-electron chi connectivity index (χ0n) is 20.2. The molecule has 2 aromatic carbocycles. The number of carbonyl (C=O) groups excluding carboxylic acids is 1. The third kappa shape index (κ3) is 4.35. The van der Waals surface area contributed by atoms with Gasteiger partial charge in [0.25, 0.3) is 5.91 Å². The summed E-state index contributed by atoms with van der Waals surface area (Å²) in [5.41, 5.74) is 6.36. The second kappa shape index (κ2) is 9.58. The Balaban J connectivity index is 1.44. The van der Waals surface area contributed by atoms with Crippen molar-refractivity contribution in [2.45, 2.75) is 13.8 Å². The molecule has 0 unspecified atom stereocenters. The molecule has 0 radical (unpaired) electrons. The number of benzene rings is 2. The summed E-state index contributed by atoms with van der Waals surface area (Å²) in [7, 11) is 1.62. The van der Waals surface area contributed by atoms with Gasteiger partial charge in [-0.2, -0.15) is 0 Å². The first-order valence-corrected chi connectivity index (χ1v) is 11.7. The number of aromatic nitrogens is 4. The molecule has 0 saturated carbocycles. The lowest BCUT2D eigenvalue weighted by Gasteiger charge is -2.36. The van der Waals surface area contributed by atoms with Crippen LogP contribution in [0.2, 0.25) is 0 Å². The topological polar surface area (TPSA) is 76.4 Å². The van der Waals surface area contributed by atoms with Gasteiger partial charge in [0, 0.05) is 55.9 Å². The Morgan fingerprint density at radius 3 is 2.43 bits per heavy atom. The first kappa shape index (κ1) is 22.6. The lowest BCUT2D eigenvalue weighted by molar-refractivity contribution is 0.0741. The Morgan fingerprint density at radius 2 is 1.69 bits per heavy atom. The second-order valence-corrected chi connectivity index (χ2v) is 8.63. The van der Waals surface area contributed by atoms with E-state index in [4.69, 9.17) is 4.74 Å². The highest BCUT2D eigenvalue weighted by molar-refractivity contribution is 5.98. The van der Waals surface area contributed by atoms with Gasteiger partial charge >= 0.3 is 0 Å². The zero-order valence-corrected chi connectivity index (χ0v) is 20.2. The van der Waals surface area contributed by atoms with Crippen molar-refractivity contribution in [1.29, 1.82) is 0 Å². The maximum Gasteiger partial charge on any atom is 0.276 e. The maximum absolute atomic E-state index is 13.7. The summed E-state index contributed by atoms with van der Waals surface area (Å²) in [6.07, 6.45) is 3.41. The van der Waals surface area contributed by atoms with Gasteiger partial charge in [0.15, 0.2) is 5.69 Å². The smallest absolute Gasteiger partial charge is 0.276 e. The number of anilines is 1. The molecule has 3 heterocycles. The standard InChI is InChI=1S/C27H28N6O2/c1-19-6-4-9-24(20(19)2)31-14-16-32(17-15-31)27(34)25-26(21-10-12-28-13-11-21)33(30-29-25)22-7-5-8-23(18-22)35-3/h4-13,18H,14-17H2,1-3H3. The summed E-state index contributed by atoms with van der Waals surface area (Å²) >= 11 is 0. The molecule has 35 heavy (non-hydrogen) atoms. The van der Waals surface area contributed by atoms with E-state index in [0.717, 1.165) is 24.3 Å². The number of aryl methyl sites for hydroxylation is 1. The summed E-state index contributed by atoms with van der Waals surface area (Å²) in [5, 5.41) is 8.72. The zero-order chi connectivity index (χ0) is 24.4. The van der Waals surface area contributed by atoms with Crippen LogP contribution in [0.4, 0.5) is 5.69 Å². The lowest BCUT2D eigenvalue weighted by atomic mass is 10.1. The van der Waals surface area contributed by atoms with Crippen molar-refractivity contribution in [3.63, 3.8) is 0 Å². The van der Waals surface area contributed by atoms with E-state index in [1.807, 2.05) is 41.3 Å². The van der Waals surface area contributed by atoms with Gasteiger partial charge in [0.2, 0.25) is 0 Å². The van der Waals surface area contributed by atoms with E-state index in [2.05, 4.69) is 52.2 Å². The Kier molecular flexibility index (Phi) is 6.18. The molecular formula is C27H28N6O2. The van der Waals surface area contributed by atoms with Crippen LogP contribution < -0.4 is 9.64 Å². The van der Waals surface area contributed by atoms with Gasteiger partial charge in [-0.1, -0.05) is 23.4 Å². The number of piperazine rings is 1. The van der Waals surface area contributed by atoms with Gasteiger partial charge in [0.05, 0.1) is 12.8 Å². The number of ether oxygens (including phenoxy) is 1. The number of hydrogen-bond donors (Lipinski definition) is 0. The quantitative estimate of drug-likeness (QED) is 0.442. The number of rotatable bonds is 5. The third-order valence-electron chi connectivity index (χ3n) is 6.61. The molecule has 8 nitrogen and oxygen atoms in total. The maximum atomic E-state index is 13.7. The minimum absolute atomic E-state index is 0.119. The van der Waals surface area contributed by atoms with Crippen molar-refractivity contribution in [2.24, 2.45) is 0 Å². The molecule has 5 rings (SSSR count). The van der Waals surface area contributed by atoms with E-state index >= 15 is 0 Å². The van der Waals surface area contributed by atoms with Crippen LogP contribution in [-0.4, -0.2) is 64.1 Å². The molecule has 1 fully saturated rings. The number of nitrogens with zero attached hydrogens (tertiary/aromatic N) is 6. The second-order valence-electron chi connectivity index (χ2n) is 8.63. The Labute approximate surface area is 204 Å². The molecule has 1 saturated heterocycles. The van der Waals surface area contributed by atoms with Crippen LogP contribution in [0, 0.1) is 13.8 Å². The van der Waals surface area contributed by atoms with Crippen LogP contribution in [-0.2, 0) is 0 Å². The predicted molar refractivity (Wildman–Crippen MR) is 135 cm³/mol. The molecule has 178 valence electrons. The normalized spacial score (nSPS) is 13.7. The molecule has 1 amide bonds. The summed E-state index contributed by atoms with van der Waals surface area (Å²) in [5.74, 6) is 0.584. The van der Waals surface area contributed by atoms with Gasteiger partial charge in [-0.05, 0) is 55.3 Å². The molecule has 0 N–H and O–H groups in total. The highest BCUT2D eigenvalue weighted by Gasteiger charge is 2.29. The largest absolute Gasteiger partial charge is 0.497 e. The molecule has 0 aliphatic carbocycles. The van der Waals surface area contributed by atoms with E-state index in [9.17, 15) is 4.79 Å². The van der Waals surface area contributed by atoms with Crippen LogP contribution in [0.5, 0.6) is 5.75 Å². The third-order valence-corrected chi connectivity index (χ3v) is 6.61. The number of carbonyl (C=O) groups is 1. The molecule has 2 aromatic heterocycles. The SMILES string of the molecule is COc1cccc(-n2nnc(C(=O)N3CCN(c4cccc(C)c4C)CC3)c2-c2ccncc2)c1. The minimum atomic E-state index is -0.119. The molecule has 4 aromatic rings. The molecule has 1 aliphatic rings. The Morgan fingerprint density at radius 1 is 0.943 bits per heavy atom. The number of amides is 1. The van der Waals surface area contributed by atoms with E-state index in [1.54, 1.807) is 24.2 Å². The van der Waals surface area contributed by atoms with Crippen LogP contribution in [0.3, 0.4) is 0 Å². The fourth-order valence-electron chi connectivity index (χ4n) is 4.50. The van der Waals surface area contributed by atoms with Crippen LogP contribution in [0.15, 0.2) is 67.0 Å². The highest BCUT2D eigenvalue weighted by Crippen LogP contribution is 2.28. The van der Waals surface area contributed by atoms with Crippen molar-refractivity contribution >= 4 is 11.6 Å². The van der Waals surface area contributed by atoms with Gasteiger partial charge in [-0.3, -0.25) is 9.78 Å². The summed E-state index contributed by atoms with van der Waals surface area (Å²) in [4.78, 5) is 22.0. The summed E-state index contributed by atoms with van der Waals surface area (Å²) in [6.45, 7) is 7.06. The number of methoxy groups -OCH3 is 1. The van der Waals surface area contributed by atoms with Crippen molar-refractivity contribution in [1.82, 2.24) is 24.9 Å². The van der Waals surface area contributed by atoms with Crippen molar-refractivity contribution < 1.29 is 9.53 Å². The molecule has 0 atom stereocenters. The fraction of sp³-hybridized carbons (Fsp3) is 0.259. The average Bonchev–Trinajstić information content (AvgIpc) is 3.36. The van der Waals surface area contributed by atoms with Crippen molar-refractivity contribution in [2.75, 3.05) is 38.2 Å². The van der Waals surface area contributed by atoms with Crippen LogP contribution >= 0.6 is 0 Å². The van der Waals surface area contributed by atoms with Crippen molar-refractivity contribution in [3.8, 4) is 22.7 Å². The molecule has 0 bridgehead atoms. The van der Waals surface area contributed by atoms with E-state index < -0.39 is 0 Å². The van der Waals surface area contributed by atoms with Gasteiger partial charge < -0.3 is 14.5 Å². The first-order valence-electron chi connectivity index (χ1n) is 11.7. The Bertz CT molecular complexity index is 1340. The molecule has 1 aliphatic heterocycles. The molecule has 0 spiro atoms. The summed E-state index contributed by atoms with van der Waals surface area (Å²) < 4.78 is 7.07. The van der Waals surface area contributed by atoms with E-state index in [0.29, 0.717) is 30.2 Å². The van der Waals surface area contributed by atoms with Crippen LogP contribution in [0.25, 0.3) is 16.9 Å². The van der Waals surface area contributed by atoms with Crippen molar-refractivity contribution in [3.05, 3.63) is 83.8 Å². The predicted octanol–water partition coefficient (Wildman–Crippen LogP) is 3.92. The average molecular weight is 469 g/mol. The van der Waals surface area contributed by atoms with Crippen LogP contribution in [0.1, 0.15) is 21.6 Å². The highest BCUT2D eigenvalue weighted by atomic mass is 16.5. The number of hydrogen-bond acceptors (Lipinski definition) is 6. The molecule has 8 heteroatoms. The fourth-order valence-corrected chi connectivity index (χ4v) is 4.50. The molecular weight excluding hydrogens is 440 g/mol. The monoisotopic (exact) mass is 468 g/mol. The lowest BCUT2D eigenvalue weighted by Crippen LogP contribution is -2.49. The minimum Gasteiger partial charge on any atom is -0.497 e. The van der Waals surface area contributed by atoms with Gasteiger partial charge in [-0.15, -0.1) is 5.10 Å².